The van der Waals surface area contributed by atoms with Gasteiger partial charge in [-0.1, -0.05) is 12.1 Å². The lowest BCUT2D eigenvalue weighted by Gasteiger charge is -2.32. The number of anilines is 1. The van der Waals surface area contributed by atoms with E-state index in [0.29, 0.717) is 0 Å². The molecule has 5 heteroatoms. The van der Waals surface area contributed by atoms with Gasteiger partial charge in [0.15, 0.2) is 0 Å². The summed E-state index contributed by atoms with van der Waals surface area (Å²) in [5, 5.41) is 0. The van der Waals surface area contributed by atoms with E-state index >= 15 is 0 Å². The fraction of sp³-hybridized carbons (Fsp3) is 0.474. The number of hydrogen-bond donors (Lipinski definition) is 0. The van der Waals surface area contributed by atoms with Crippen molar-refractivity contribution in [1.82, 2.24) is 14.9 Å². The van der Waals surface area contributed by atoms with Crippen molar-refractivity contribution in [3.63, 3.8) is 0 Å². The number of hydrogen-bond acceptors (Lipinski definition) is 5. The minimum atomic E-state index is 0.205. The number of rotatable bonds is 3. The van der Waals surface area contributed by atoms with Crippen LogP contribution in [0.4, 0.5) is 5.82 Å². The Hall–Kier alpha value is -1.98. The molecule has 24 heavy (non-hydrogen) atoms. The SMILES string of the molecule is c1ccc(N2CC[C@@]3(COCCN(Cc4cccnc4)C3)C2)nc1. The van der Waals surface area contributed by atoms with E-state index in [2.05, 4.69) is 38.0 Å². The Labute approximate surface area is 143 Å². The van der Waals surface area contributed by atoms with Crippen LogP contribution in [0.3, 0.4) is 0 Å². The maximum Gasteiger partial charge on any atom is 0.128 e. The van der Waals surface area contributed by atoms with E-state index in [1.165, 1.54) is 5.56 Å². The molecule has 126 valence electrons. The minimum Gasteiger partial charge on any atom is -0.379 e. The van der Waals surface area contributed by atoms with Gasteiger partial charge in [0, 0.05) is 56.7 Å². The van der Waals surface area contributed by atoms with Crippen LogP contribution in [-0.2, 0) is 11.3 Å². The molecule has 5 nitrogen and oxygen atoms in total. The van der Waals surface area contributed by atoms with Crippen LogP contribution in [0, 0.1) is 5.41 Å². The van der Waals surface area contributed by atoms with Crippen molar-refractivity contribution in [2.75, 3.05) is 44.3 Å². The van der Waals surface area contributed by atoms with Crippen LogP contribution in [0.25, 0.3) is 0 Å². The van der Waals surface area contributed by atoms with Crippen LogP contribution in [0.15, 0.2) is 48.9 Å². The Balaban J connectivity index is 1.46. The zero-order valence-corrected chi connectivity index (χ0v) is 14.0. The zero-order valence-electron chi connectivity index (χ0n) is 14.0. The molecule has 0 saturated carbocycles. The van der Waals surface area contributed by atoms with Crippen molar-refractivity contribution in [3.05, 3.63) is 54.5 Å². The van der Waals surface area contributed by atoms with Gasteiger partial charge >= 0.3 is 0 Å². The fourth-order valence-electron chi connectivity index (χ4n) is 3.88. The molecule has 2 aliphatic heterocycles. The Morgan fingerprint density at radius 2 is 2.08 bits per heavy atom. The lowest BCUT2D eigenvalue weighted by Crippen LogP contribution is -2.40. The summed E-state index contributed by atoms with van der Waals surface area (Å²) in [7, 11) is 0. The second-order valence-electron chi connectivity index (χ2n) is 6.98. The highest BCUT2D eigenvalue weighted by Gasteiger charge is 2.41. The molecule has 4 rings (SSSR count). The highest BCUT2D eigenvalue weighted by atomic mass is 16.5. The molecule has 1 atom stereocenters. The van der Waals surface area contributed by atoms with Crippen LogP contribution >= 0.6 is 0 Å². The molecule has 2 aliphatic rings. The molecule has 2 saturated heterocycles. The van der Waals surface area contributed by atoms with Gasteiger partial charge in [-0.2, -0.15) is 0 Å². The predicted molar refractivity (Wildman–Crippen MR) is 93.8 cm³/mol. The molecule has 2 aromatic rings. The summed E-state index contributed by atoms with van der Waals surface area (Å²) in [6, 6.07) is 10.3. The van der Waals surface area contributed by atoms with Crippen LogP contribution in [0.2, 0.25) is 0 Å². The highest BCUT2D eigenvalue weighted by Crippen LogP contribution is 2.35. The van der Waals surface area contributed by atoms with Gasteiger partial charge in [0.1, 0.15) is 5.82 Å². The van der Waals surface area contributed by atoms with E-state index in [0.717, 1.165) is 58.2 Å². The number of pyridine rings is 2. The summed E-state index contributed by atoms with van der Waals surface area (Å²) in [5.74, 6) is 1.08. The predicted octanol–water partition coefficient (Wildman–Crippen LogP) is 2.21. The molecule has 0 unspecified atom stereocenters. The fourth-order valence-corrected chi connectivity index (χ4v) is 3.88. The van der Waals surface area contributed by atoms with Crippen LogP contribution < -0.4 is 4.90 Å². The minimum absolute atomic E-state index is 0.205. The van der Waals surface area contributed by atoms with Crippen molar-refractivity contribution in [1.29, 1.82) is 0 Å². The van der Waals surface area contributed by atoms with E-state index in [1.807, 2.05) is 30.7 Å². The molecular formula is C19H24N4O. The first-order valence-electron chi connectivity index (χ1n) is 8.68. The third-order valence-electron chi connectivity index (χ3n) is 5.06. The average molecular weight is 324 g/mol. The molecule has 0 radical (unpaired) electrons. The van der Waals surface area contributed by atoms with Gasteiger partial charge in [-0.25, -0.2) is 4.98 Å². The van der Waals surface area contributed by atoms with E-state index in [1.54, 1.807) is 0 Å². The molecule has 1 spiro atoms. The molecule has 0 aliphatic carbocycles. The monoisotopic (exact) mass is 324 g/mol. The summed E-state index contributed by atoms with van der Waals surface area (Å²) in [6.07, 6.45) is 6.83. The number of aromatic nitrogens is 2. The van der Waals surface area contributed by atoms with E-state index in [4.69, 9.17) is 4.74 Å². The van der Waals surface area contributed by atoms with Gasteiger partial charge < -0.3 is 9.64 Å². The zero-order chi connectivity index (χ0) is 16.2. The first-order valence-corrected chi connectivity index (χ1v) is 8.68. The van der Waals surface area contributed by atoms with Crippen molar-refractivity contribution in [3.8, 4) is 0 Å². The molecular weight excluding hydrogens is 300 g/mol. The Kier molecular flexibility index (Phi) is 4.45. The summed E-state index contributed by atoms with van der Waals surface area (Å²) < 4.78 is 5.98. The lowest BCUT2D eigenvalue weighted by atomic mass is 9.87. The van der Waals surface area contributed by atoms with E-state index in [9.17, 15) is 0 Å². The Bertz CT molecular complexity index is 651. The van der Waals surface area contributed by atoms with Crippen LogP contribution in [-0.4, -0.2) is 54.3 Å². The first-order chi connectivity index (χ1) is 11.8. The average Bonchev–Trinajstić information content (AvgIpc) is 2.94. The van der Waals surface area contributed by atoms with Crippen LogP contribution in [0.5, 0.6) is 0 Å². The standard InChI is InChI=1S/C19H24N4O/c1-2-8-21-18(5-1)23-9-6-19(15-23)14-22(10-11-24-16-19)13-17-4-3-7-20-12-17/h1-5,7-8,12H,6,9-11,13-16H2/t19-/m0/s1. The van der Waals surface area contributed by atoms with Gasteiger partial charge in [-0.15, -0.1) is 0 Å². The van der Waals surface area contributed by atoms with Gasteiger partial charge in [-0.05, 0) is 30.2 Å². The first kappa shape index (κ1) is 15.5. The molecule has 0 aromatic carbocycles. The van der Waals surface area contributed by atoms with Crippen molar-refractivity contribution in [2.45, 2.75) is 13.0 Å². The maximum atomic E-state index is 5.98. The third-order valence-corrected chi connectivity index (χ3v) is 5.06. The van der Waals surface area contributed by atoms with E-state index in [-0.39, 0.29) is 5.41 Å². The molecule has 0 N–H and O–H groups in total. The number of ether oxygens (including phenoxy) is 1. The number of nitrogens with zero attached hydrogens (tertiary/aromatic N) is 4. The smallest absolute Gasteiger partial charge is 0.128 e. The van der Waals surface area contributed by atoms with Crippen molar-refractivity contribution >= 4 is 5.82 Å². The van der Waals surface area contributed by atoms with E-state index < -0.39 is 0 Å². The second kappa shape index (κ2) is 6.87. The molecule has 2 fully saturated rings. The summed E-state index contributed by atoms with van der Waals surface area (Å²) >= 11 is 0. The molecule has 0 amide bonds. The maximum absolute atomic E-state index is 5.98. The quantitative estimate of drug-likeness (QED) is 0.866. The molecule has 2 aromatic heterocycles. The Morgan fingerprint density at radius 3 is 2.92 bits per heavy atom. The Morgan fingerprint density at radius 1 is 1.08 bits per heavy atom. The summed E-state index contributed by atoms with van der Waals surface area (Å²) in [5.41, 5.74) is 1.48. The lowest BCUT2D eigenvalue weighted by molar-refractivity contribution is 0.0798. The largest absolute Gasteiger partial charge is 0.379 e. The highest BCUT2D eigenvalue weighted by molar-refractivity contribution is 5.40. The second-order valence-corrected chi connectivity index (χ2v) is 6.98. The molecule has 0 bridgehead atoms. The van der Waals surface area contributed by atoms with Crippen LogP contribution in [0.1, 0.15) is 12.0 Å². The van der Waals surface area contributed by atoms with Gasteiger partial charge in [0.25, 0.3) is 0 Å². The summed E-state index contributed by atoms with van der Waals surface area (Å²) in [4.78, 5) is 13.7. The van der Waals surface area contributed by atoms with Gasteiger partial charge in [0.05, 0.1) is 13.2 Å². The molecule has 4 heterocycles. The summed E-state index contributed by atoms with van der Waals surface area (Å²) in [6.45, 7) is 6.74. The topological polar surface area (TPSA) is 41.5 Å². The van der Waals surface area contributed by atoms with Crippen molar-refractivity contribution < 1.29 is 4.74 Å². The normalized spacial score (nSPS) is 25.1. The van der Waals surface area contributed by atoms with Gasteiger partial charge in [0.2, 0.25) is 0 Å². The third kappa shape index (κ3) is 3.42. The van der Waals surface area contributed by atoms with Crippen molar-refractivity contribution in [2.24, 2.45) is 5.41 Å². The van der Waals surface area contributed by atoms with Gasteiger partial charge in [-0.3, -0.25) is 9.88 Å².